The zero-order valence-electron chi connectivity index (χ0n) is 4.68. The Kier molecular flexibility index (Phi) is 1.80. The topological polar surface area (TPSA) is 29.1 Å². The molecule has 0 aromatic rings. The van der Waals surface area contributed by atoms with Crippen molar-refractivity contribution in [2.75, 3.05) is 13.1 Å². The number of hydrogen-bond donors (Lipinski definition) is 1. The zero-order valence-corrected chi connectivity index (χ0v) is 4.68. The molecule has 0 aromatic carbocycles. The molecule has 0 atom stereocenters. The Labute approximate surface area is 48.6 Å². The fraction of sp³-hybridized carbons (Fsp3) is 0.500. The third-order valence-electron chi connectivity index (χ3n) is 1.11. The number of ketones is 1. The summed E-state index contributed by atoms with van der Waals surface area (Å²) in [5.74, 6) is 0.231. The first-order valence-electron chi connectivity index (χ1n) is 2.80. The molecule has 1 aliphatic rings. The van der Waals surface area contributed by atoms with Crippen LogP contribution in [0.5, 0.6) is 0 Å². The van der Waals surface area contributed by atoms with E-state index in [4.69, 9.17) is 0 Å². The molecule has 1 N–H and O–H groups in total. The van der Waals surface area contributed by atoms with Gasteiger partial charge in [-0.2, -0.15) is 0 Å². The third kappa shape index (κ3) is 1.46. The van der Waals surface area contributed by atoms with Crippen molar-refractivity contribution in [1.29, 1.82) is 0 Å². The van der Waals surface area contributed by atoms with Crippen LogP contribution in [0.4, 0.5) is 0 Å². The van der Waals surface area contributed by atoms with E-state index in [1.807, 2.05) is 6.08 Å². The molecule has 8 heavy (non-hydrogen) atoms. The van der Waals surface area contributed by atoms with E-state index in [9.17, 15) is 4.79 Å². The maximum absolute atomic E-state index is 10.6. The summed E-state index contributed by atoms with van der Waals surface area (Å²) in [5.41, 5.74) is 0. The normalized spacial score (nSPS) is 20.8. The smallest absolute Gasteiger partial charge is 0.156 e. The molecular weight excluding hydrogens is 102 g/mol. The number of rotatable bonds is 0. The standard InChI is InChI=1S/C6H9NO/c8-6-2-1-4-7-5-3-6/h1-2,7H,3-5H2. The summed E-state index contributed by atoms with van der Waals surface area (Å²) in [5, 5.41) is 3.07. The highest BCUT2D eigenvalue weighted by Gasteiger charge is 1.97. The van der Waals surface area contributed by atoms with Crippen LogP contribution in [-0.2, 0) is 4.79 Å². The van der Waals surface area contributed by atoms with Crippen molar-refractivity contribution < 1.29 is 4.79 Å². The van der Waals surface area contributed by atoms with Gasteiger partial charge in [-0.3, -0.25) is 4.79 Å². The van der Waals surface area contributed by atoms with Crippen LogP contribution in [0.2, 0.25) is 0 Å². The summed E-state index contributed by atoms with van der Waals surface area (Å²) in [6.07, 6.45) is 4.14. The Morgan fingerprint density at radius 2 is 2.50 bits per heavy atom. The molecule has 0 bridgehead atoms. The van der Waals surface area contributed by atoms with Gasteiger partial charge in [-0.25, -0.2) is 0 Å². The molecule has 0 saturated carbocycles. The molecule has 2 nitrogen and oxygen atoms in total. The van der Waals surface area contributed by atoms with Gasteiger partial charge in [-0.15, -0.1) is 0 Å². The SMILES string of the molecule is O=C1C=CCNCC1. The average molecular weight is 111 g/mol. The van der Waals surface area contributed by atoms with Gasteiger partial charge in [0.1, 0.15) is 0 Å². The van der Waals surface area contributed by atoms with Crippen LogP contribution >= 0.6 is 0 Å². The van der Waals surface area contributed by atoms with Crippen LogP contribution in [0.25, 0.3) is 0 Å². The van der Waals surface area contributed by atoms with Crippen molar-refractivity contribution in [2.45, 2.75) is 6.42 Å². The number of allylic oxidation sites excluding steroid dienone is 1. The average Bonchev–Trinajstić information content (AvgIpc) is 1.94. The molecule has 0 aromatic heterocycles. The van der Waals surface area contributed by atoms with Crippen LogP contribution < -0.4 is 5.32 Å². The number of nitrogens with one attached hydrogen (secondary N) is 1. The van der Waals surface area contributed by atoms with Crippen LogP contribution in [0.3, 0.4) is 0 Å². The second-order valence-corrected chi connectivity index (χ2v) is 1.82. The Bertz CT molecular complexity index is 118. The van der Waals surface area contributed by atoms with Gasteiger partial charge in [-0.05, 0) is 6.08 Å². The highest BCUT2D eigenvalue weighted by molar-refractivity contribution is 5.89. The summed E-state index contributed by atoms with van der Waals surface area (Å²) in [7, 11) is 0. The molecule has 0 fully saturated rings. The number of carbonyl (C=O) groups excluding carboxylic acids is 1. The third-order valence-corrected chi connectivity index (χ3v) is 1.11. The lowest BCUT2D eigenvalue weighted by molar-refractivity contribution is -0.114. The summed E-state index contributed by atoms with van der Waals surface area (Å²) < 4.78 is 0. The fourth-order valence-corrected chi connectivity index (χ4v) is 0.671. The first-order valence-corrected chi connectivity index (χ1v) is 2.80. The largest absolute Gasteiger partial charge is 0.313 e. The first kappa shape index (κ1) is 5.51. The maximum Gasteiger partial charge on any atom is 0.156 e. The van der Waals surface area contributed by atoms with Crippen molar-refractivity contribution in [3.63, 3.8) is 0 Å². The van der Waals surface area contributed by atoms with Gasteiger partial charge in [0, 0.05) is 19.5 Å². The van der Waals surface area contributed by atoms with E-state index < -0.39 is 0 Å². The fourth-order valence-electron chi connectivity index (χ4n) is 0.671. The van der Waals surface area contributed by atoms with E-state index in [1.165, 1.54) is 0 Å². The van der Waals surface area contributed by atoms with Gasteiger partial charge in [0.05, 0.1) is 0 Å². The van der Waals surface area contributed by atoms with Gasteiger partial charge in [0.15, 0.2) is 5.78 Å². The highest BCUT2D eigenvalue weighted by Crippen LogP contribution is 1.87. The molecule has 0 spiro atoms. The minimum Gasteiger partial charge on any atom is -0.313 e. The van der Waals surface area contributed by atoms with Crippen molar-refractivity contribution in [2.24, 2.45) is 0 Å². The summed E-state index contributed by atoms with van der Waals surface area (Å²) in [6, 6.07) is 0. The zero-order chi connectivity index (χ0) is 5.82. The van der Waals surface area contributed by atoms with Gasteiger partial charge in [0.2, 0.25) is 0 Å². The second kappa shape index (κ2) is 2.62. The van der Waals surface area contributed by atoms with Gasteiger partial charge in [0.25, 0.3) is 0 Å². The molecule has 2 heteroatoms. The van der Waals surface area contributed by atoms with Crippen molar-refractivity contribution >= 4 is 5.78 Å². The Morgan fingerprint density at radius 3 is 3.38 bits per heavy atom. The van der Waals surface area contributed by atoms with Crippen molar-refractivity contribution in [3.05, 3.63) is 12.2 Å². The second-order valence-electron chi connectivity index (χ2n) is 1.82. The summed E-state index contributed by atoms with van der Waals surface area (Å²) >= 11 is 0. The van der Waals surface area contributed by atoms with Crippen LogP contribution in [0.1, 0.15) is 6.42 Å². The number of carbonyl (C=O) groups is 1. The molecule has 0 unspecified atom stereocenters. The van der Waals surface area contributed by atoms with E-state index in [0.29, 0.717) is 6.42 Å². The van der Waals surface area contributed by atoms with Gasteiger partial charge in [-0.1, -0.05) is 6.08 Å². The van der Waals surface area contributed by atoms with E-state index in [1.54, 1.807) is 6.08 Å². The molecule has 1 rings (SSSR count). The van der Waals surface area contributed by atoms with Crippen LogP contribution in [-0.4, -0.2) is 18.9 Å². The molecule has 44 valence electrons. The molecule has 1 heterocycles. The van der Waals surface area contributed by atoms with Crippen molar-refractivity contribution in [3.8, 4) is 0 Å². The predicted octanol–water partition coefficient (Wildman–Crippen LogP) is 0.105. The lowest BCUT2D eigenvalue weighted by Crippen LogP contribution is -2.14. The Hall–Kier alpha value is -0.630. The van der Waals surface area contributed by atoms with E-state index in [0.717, 1.165) is 13.1 Å². The minimum absolute atomic E-state index is 0.231. The molecule has 0 radical (unpaired) electrons. The summed E-state index contributed by atoms with van der Waals surface area (Å²) in [4.78, 5) is 10.6. The van der Waals surface area contributed by atoms with Crippen LogP contribution in [0.15, 0.2) is 12.2 Å². The summed E-state index contributed by atoms with van der Waals surface area (Å²) in [6.45, 7) is 1.66. The quantitative estimate of drug-likeness (QED) is 0.480. The van der Waals surface area contributed by atoms with E-state index in [-0.39, 0.29) is 5.78 Å². The maximum atomic E-state index is 10.6. The predicted molar refractivity (Wildman–Crippen MR) is 31.6 cm³/mol. The number of hydrogen-bond acceptors (Lipinski definition) is 2. The Balaban J connectivity index is 2.44. The first-order chi connectivity index (χ1) is 3.89. The monoisotopic (exact) mass is 111 g/mol. The van der Waals surface area contributed by atoms with E-state index >= 15 is 0 Å². The lowest BCUT2D eigenvalue weighted by atomic mass is 10.3. The van der Waals surface area contributed by atoms with Crippen molar-refractivity contribution in [1.82, 2.24) is 5.32 Å². The molecular formula is C6H9NO. The minimum atomic E-state index is 0.231. The van der Waals surface area contributed by atoms with E-state index in [2.05, 4.69) is 5.32 Å². The lowest BCUT2D eigenvalue weighted by Gasteiger charge is -1.90. The highest BCUT2D eigenvalue weighted by atomic mass is 16.1. The van der Waals surface area contributed by atoms with Gasteiger partial charge < -0.3 is 5.32 Å². The molecule has 1 aliphatic heterocycles. The Morgan fingerprint density at radius 1 is 1.62 bits per heavy atom. The van der Waals surface area contributed by atoms with Gasteiger partial charge >= 0.3 is 0 Å². The molecule has 0 aliphatic carbocycles. The molecule has 0 amide bonds. The van der Waals surface area contributed by atoms with Crippen LogP contribution in [0, 0.1) is 0 Å². The molecule has 0 saturated heterocycles.